The first-order chi connectivity index (χ1) is 35.5. The maximum Gasteiger partial charge on any atom is 0.491 e. The number of fused-ring (bicyclic) bond motifs is 6. The molecule has 2 heterocycles. The first-order valence-corrected chi connectivity index (χ1v) is 24.4. The molecule has 0 unspecified atom stereocenters. The van der Waals surface area contributed by atoms with E-state index in [0.29, 0.717) is 16.8 Å². The SMILES string of the molecule is Cc1cccc(C)c1Nc1ccccc1-c1cc(-n2c3ccccc3c3ccccc32)cc(B(O)O)c1F.Cc1cccc(C)c1Nc1ccccc1-c1cc(-n2c3ccccc3c3ccccc32)ccc1F. The molecule has 4 N–H and O–H groups in total. The molecule has 0 saturated carbocycles. The van der Waals surface area contributed by atoms with Crippen LogP contribution >= 0.6 is 0 Å². The van der Waals surface area contributed by atoms with Crippen LogP contribution in [0.25, 0.3) is 77.2 Å². The normalized spacial score (nSPS) is 11.3. The van der Waals surface area contributed by atoms with Crippen molar-refractivity contribution in [1.29, 1.82) is 0 Å². The van der Waals surface area contributed by atoms with E-state index in [4.69, 9.17) is 0 Å². The first kappa shape index (κ1) is 46.6. The largest absolute Gasteiger partial charge is 0.491 e. The van der Waals surface area contributed by atoms with E-state index in [1.54, 1.807) is 12.1 Å². The zero-order valence-electron chi connectivity index (χ0n) is 40.8. The Morgan fingerprint density at radius 3 is 1.18 bits per heavy atom. The molecule has 0 aliphatic heterocycles. The fraction of sp³-hybridized carbons (Fsp3) is 0.0625. The van der Waals surface area contributed by atoms with Crippen LogP contribution in [0, 0.1) is 39.3 Å². The molecular weight excluding hydrogens is 906 g/mol. The van der Waals surface area contributed by atoms with Crippen molar-refractivity contribution in [3.8, 4) is 33.6 Å². The molecule has 356 valence electrons. The molecule has 0 bridgehead atoms. The summed E-state index contributed by atoms with van der Waals surface area (Å²) in [4.78, 5) is 0. The van der Waals surface area contributed by atoms with Gasteiger partial charge in [0.05, 0.1) is 22.1 Å². The van der Waals surface area contributed by atoms with Gasteiger partial charge in [-0.25, -0.2) is 8.78 Å². The molecule has 2 aromatic heterocycles. The lowest BCUT2D eigenvalue weighted by atomic mass is 9.77. The number of aromatic nitrogens is 2. The summed E-state index contributed by atoms with van der Waals surface area (Å²) in [7, 11) is -1.97. The number of rotatable bonds is 9. The van der Waals surface area contributed by atoms with Gasteiger partial charge in [-0.3, -0.25) is 0 Å². The number of benzene rings is 10. The monoisotopic (exact) mass is 956 g/mol. The summed E-state index contributed by atoms with van der Waals surface area (Å²) in [5.74, 6) is -0.912. The Morgan fingerprint density at radius 1 is 0.370 bits per heavy atom. The molecule has 0 fully saturated rings. The molecule has 6 nitrogen and oxygen atoms in total. The fourth-order valence-corrected chi connectivity index (χ4v) is 10.4. The van der Waals surface area contributed by atoms with Crippen LogP contribution in [0.1, 0.15) is 22.3 Å². The highest BCUT2D eigenvalue weighted by Gasteiger charge is 2.25. The molecule has 0 amide bonds. The van der Waals surface area contributed by atoms with Gasteiger partial charge in [-0.2, -0.15) is 0 Å². The van der Waals surface area contributed by atoms with Crippen LogP contribution in [0.2, 0.25) is 0 Å². The van der Waals surface area contributed by atoms with E-state index in [1.807, 2.05) is 146 Å². The number of para-hydroxylation sites is 8. The van der Waals surface area contributed by atoms with Gasteiger partial charge < -0.3 is 29.8 Å². The Balaban J connectivity index is 0.000000158. The predicted octanol–water partition coefficient (Wildman–Crippen LogP) is 15.6. The van der Waals surface area contributed by atoms with Crippen LogP contribution in [0.3, 0.4) is 0 Å². The molecule has 0 aliphatic carbocycles. The van der Waals surface area contributed by atoms with Crippen molar-refractivity contribution in [3.05, 3.63) is 246 Å². The quantitative estimate of drug-likeness (QED) is 0.109. The van der Waals surface area contributed by atoms with Crippen molar-refractivity contribution < 1.29 is 18.8 Å². The fourth-order valence-electron chi connectivity index (χ4n) is 10.4. The minimum absolute atomic E-state index is 0.179. The summed E-state index contributed by atoms with van der Waals surface area (Å²) in [6.07, 6.45) is 0. The lowest BCUT2D eigenvalue weighted by molar-refractivity contribution is 0.423. The van der Waals surface area contributed by atoms with Crippen LogP contribution < -0.4 is 16.1 Å². The zero-order valence-corrected chi connectivity index (χ0v) is 40.8. The van der Waals surface area contributed by atoms with Crippen molar-refractivity contribution >= 4 is 78.9 Å². The van der Waals surface area contributed by atoms with E-state index >= 15 is 8.78 Å². The van der Waals surface area contributed by atoms with Crippen LogP contribution in [-0.2, 0) is 0 Å². The van der Waals surface area contributed by atoms with Gasteiger partial charge in [-0.05, 0) is 117 Å². The number of halogens is 2. The van der Waals surface area contributed by atoms with Crippen molar-refractivity contribution in [3.63, 3.8) is 0 Å². The standard InChI is InChI=1S/C32H26BFN2O2.C32H25FN2/c1-20-10-9-11-21(2)32(20)35-28-15-6-3-12-23(28)26-18-22(19-27(31(26)34)33(37)38)36-29-16-7-4-13-24(29)25-14-5-8-17-30(25)36;1-21-10-9-11-22(2)32(21)34-29-15-6-3-12-24(29)27-20-23(18-19-28(27)33)35-30-16-7-4-13-25(30)26-14-5-8-17-31(26)35/h3-19,35,37-38H,1-2H3;3-20,34H,1-2H3. The highest BCUT2D eigenvalue weighted by Crippen LogP contribution is 2.40. The van der Waals surface area contributed by atoms with Gasteiger partial charge in [0.2, 0.25) is 0 Å². The molecule has 0 aliphatic rings. The van der Waals surface area contributed by atoms with E-state index < -0.39 is 12.9 Å². The van der Waals surface area contributed by atoms with Gasteiger partial charge in [-0.15, -0.1) is 0 Å². The molecule has 73 heavy (non-hydrogen) atoms. The summed E-state index contributed by atoms with van der Waals surface area (Å²) in [5, 5.41) is 32.0. The van der Waals surface area contributed by atoms with E-state index in [1.165, 1.54) is 16.8 Å². The van der Waals surface area contributed by atoms with Crippen molar-refractivity contribution in [1.82, 2.24) is 9.13 Å². The molecule has 9 heteroatoms. The van der Waals surface area contributed by atoms with Crippen molar-refractivity contribution in [2.24, 2.45) is 0 Å². The van der Waals surface area contributed by atoms with Crippen LogP contribution in [0.4, 0.5) is 31.5 Å². The third-order valence-corrected chi connectivity index (χ3v) is 13.9. The summed E-state index contributed by atoms with van der Waals surface area (Å²) in [6.45, 7) is 8.23. The van der Waals surface area contributed by atoms with E-state index in [0.717, 1.165) is 89.1 Å². The lowest BCUT2D eigenvalue weighted by Gasteiger charge is -2.19. The number of aryl methyl sites for hydroxylation is 4. The Bertz CT molecular complexity index is 3920. The van der Waals surface area contributed by atoms with E-state index in [-0.39, 0.29) is 16.8 Å². The molecule has 0 radical (unpaired) electrons. The second kappa shape index (κ2) is 19.4. The van der Waals surface area contributed by atoms with Gasteiger partial charge >= 0.3 is 7.12 Å². The second-order valence-corrected chi connectivity index (χ2v) is 18.5. The van der Waals surface area contributed by atoms with Gasteiger partial charge in [0.25, 0.3) is 0 Å². The van der Waals surface area contributed by atoms with E-state index in [9.17, 15) is 10.0 Å². The maximum absolute atomic E-state index is 16.0. The van der Waals surface area contributed by atoms with Crippen LogP contribution in [0.5, 0.6) is 0 Å². The summed E-state index contributed by atoms with van der Waals surface area (Å²) in [6, 6.07) is 69.2. The molecular formula is C64H51BF2N4O2. The minimum Gasteiger partial charge on any atom is -0.423 e. The van der Waals surface area contributed by atoms with Gasteiger partial charge in [0.15, 0.2) is 0 Å². The molecule has 0 saturated heterocycles. The third-order valence-electron chi connectivity index (χ3n) is 13.9. The number of hydrogen-bond acceptors (Lipinski definition) is 4. The second-order valence-electron chi connectivity index (χ2n) is 18.5. The van der Waals surface area contributed by atoms with Gasteiger partial charge in [-0.1, -0.05) is 146 Å². The summed E-state index contributed by atoms with van der Waals surface area (Å²) in [5.41, 5.74) is 15.9. The van der Waals surface area contributed by atoms with Gasteiger partial charge in [0, 0.05) is 83.4 Å². The van der Waals surface area contributed by atoms with Crippen LogP contribution in [-0.4, -0.2) is 26.3 Å². The average Bonchev–Trinajstić information content (AvgIpc) is 3.93. The Morgan fingerprint density at radius 2 is 0.740 bits per heavy atom. The number of anilines is 4. The minimum atomic E-state index is -1.97. The molecule has 10 aromatic carbocycles. The number of nitrogens with zero attached hydrogens (tertiary/aromatic N) is 2. The number of nitrogens with one attached hydrogen (secondary N) is 2. The molecule has 0 atom stereocenters. The Kier molecular flexibility index (Phi) is 12.4. The van der Waals surface area contributed by atoms with Crippen LogP contribution in [0.15, 0.2) is 212 Å². The van der Waals surface area contributed by atoms with E-state index in [2.05, 4.69) is 95.8 Å². The molecule has 12 rings (SSSR count). The predicted molar refractivity (Wildman–Crippen MR) is 301 cm³/mol. The molecule has 0 spiro atoms. The Labute approximate surface area is 423 Å². The first-order valence-electron chi connectivity index (χ1n) is 24.4. The Hall–Kier alpha value is -8.76. The third kappa shape index (κ3) is 8.58. The smallest absolute Gasteiger partial charge is 0.423 e. The summed E-state index contributed by atoms with van der Waals surface area (Å²) < 4.78 is 35.6. The highest BCUT2D eigenvalue weighted by atomic mass is 19.1. The maximum atomic E-state index is 16.0. The zero-order chi connectivity index (χ0) is 50.3. The topological polar surface area (TPSA) is 74.4 Å². The van der Waals surface area contributed by atoms with Crippen molar-refractivity contribution in [2.75, 3.05) is 10.6 Å². The summed E-state index contributed by atoms with van der Waals surface area (Å²) >= 11 is 0. The highest BCUT2D eigenvalue weighted by molar-refractivity contribution is 6.59. The average molecular weight is 957 g/mol. The van der Waals surface area contributed by atoms with Crippen molar-refractivity contribution in [2.45, 2.75) is 27.7 Å². The molecule has 12 aromatic rings. The number of hydrogen-bond donors (Lipinski definition) is 4. The van der Waals surface area contributed by atoms with Gasteiger partial charge in [0.1, 0.15) is 11.6 Å². The lowest BCUT2D eigenvalue weighted by Crippen LogP contribution is -2.33.